The zero-order valence-corrected chi connectivity index (χ0v) is 13.6. The minimum Gasteiger partial charge on any atom is -0.412 e. The van der Waals surface area contributed by atoms with E-state index in [0.717, 1.165) is 12.8 Å². The lowest BCUT2D eigenvalue weighted by Crippen LogP contribution is -2.37. The lowest BCUT2D eigenvalue weighted by Gasteiger charge is -2.23. The Bertz CT molecular complexity index is 300. The highest BCUT2D eigenvalue weighted by molar-refractivity contribution is 7.47. The van der Waals surface area contributed by atoms with Gasteiger partial charge in [-0.3, -0.25) is 9.42 Å². The number of quaternary nitrogens is 1. The first-order valence-corrected chi connectivity index (χ1v) is 8.37. The van der Waals surface area contributed by atoms with Crippen LogP contribution in [-0.2, 0) is 13.6 Å². The number of nitrogens with zero attached hydrogens (tertiary/aromatic N) is 1. The van der Waals surface area contributed by atoms with Crippen molar-refractivity contribution in [1.82, 2.24) is 0 Å². The van der Waals surface area contributed by atoms with Crippen molar-refractivity contribution in [2.45, 2.75) is 39.0 Å². The van der Waals surface area contributed by atoms with E-state index in [0.29, 0.717) is 11.0 Å². The molecular weight excluding hydrogens is 265 g/mol. The maximum absolute atomic E-state index is 11.5. The number of hydrogen-bond acceptors (Lipinski definition) is 3. The van der Waals surface area contributed by atoms with Gasteiger partial charge in [-0.15, -0.1) is 0 Å². The Morgan fingerprint density at radius 3 is 2.47 bits per heavy atom. The molecule has 5 nitrogen and oxygen atoms in total. The molecule has 0 rings (SSSR count). The molecule has 1 N–H and O–H groups in total. The van der Waals surface area contributed by atoms with E-state index in [-0.39, 0.29) is 6.61 Å². The number of likely N-dealkylation sites (N-methyl/N-ethyl adjacent to an activating group) is 1. The first-order chi connectivity index (χ1) is 8.77. The van der Waals surface area contributed by atoms with Gasteiger partial charge in [0.15, 0.2) is 0 Å². The normalized spacial score (nSPS) is 15.6. The summed E-state index contributed by atoms with van der Waals surface area (Å²) in [5.74, 6) is 0. The van der Waals surface area contributed by atoms with Gasteiger partial charge < -0.3 is 9.01 Å². The van der Waals surface area contributed by atoms with Gasteiger partial charge in [-0.2, -0.15) is 0 Å². The lowest BCUT2D eigenvalue weighted by molar-refractivity contribution is -0.870. The summed E-state index contributed by atoms with van der Waals surface area (Å²) in [6, 6.07) is 0. The van der Waals surface area contributed by atoms with Crippen LogP contribution in [0.1, 0.15) is 39.0 Å². The van der Waals surface area contributed by atoms with Crippen molar-refractivity contribution < 1.29 is 23.0 Å². The van der Waals surface area contributed by atoms with Crippen molar-refractivity contribution in [3.8, 4) is 0 Å². The fraction of sp³-hybridized carbons (Fsp3) is 0.846. The monoisotopic (exact) mass is 294 g/mol. The van der Waals surface area contributed by atoms with Crippen LogP contribution in [0, 0.1) is 0 Å². The third kappa shape index (κ3) is 13.9. The number of unbranched alkanes of at least 4 members (excludes halogenated alkanes) is 4. The van der Waals surface area contributed by atoms with Crippen LogP contribution in [-0.4, -0.2) is 43.7 Å². The van der Waals surface area contributed by atoms with E-state index in [1.807, 2.05) is 21.1 Å². The fourth-order valence-corrected chi connectivity index (χ4v) is 1.95. The maximum atomic E-state index is 11.5. The zero-order valence-electron chi connectivity index (χ0n) is 12.7. The number of rotatable bonds is 11. The summed E-state index contributed by atoms with van der Waals surface area (Å²) < 4.78 is 21.8. The molecule has 0 aliphatic carbocycles. The molecule has 0 aromatic heterocycles. The Morgan fingerprint density at radius 1 is 1.21 bits per heavy atom. The summed E-state index contributed by atoms with van der Waals surface area (Å²) in [6.45, 7) is 3.00. The van der Waals surface area contributed by atoms with Crippen molar-refractivity contribution in [3.05, 3.63) is 12.3 Å². The highest BCUT2D eigenvalue weighted by atomic mass is 31.2. The molecule has 6 heteroatoms. The van der Waals surface area contributed by atoms with E-state index in [4.69, 9.17) is 9.05 Å². The SMILES string of the molecule is CCCCCCC=COP(=O)(O)OCC[N+](C)(C)C. The topological polar surface area (TPSA) is 55.8 Å². The molecule has 0 saturated heterocycles. The maximum Gasteiger partial charge on any atom is 0.527 e. The largest absolute Gasteiger partial charge is 0.527 e. The van der Waals surface area contributed by atoms with Gasteiger partial charge >= 0.3 is 7.82 Å². The molecule has 0 fully saturated rings. The molecule has 114 valence electrons. The number of hydrogen-bond donors (Lipinski definition) is 1. The summed E-state index contributed by atoms with van der Waals surface area (Å²) >= 11 is 0. The van der Waals surface area contributed by atoms with Gasteiger partial charge in [-0.25, -0.2) is 4.57 Å². The Hall–Kier alpha value is -0.350. The highest BCUT2D eigenvalue weighted by Gasteiger charge is 2.21. The predicted molar refractivity (Wildman–Crippen MR) is 77.7 cm³/mol. The van der Waals surface area contributed by atoms with Gasteiger partial charge in [0, 0.05) is 0 Å². The summed E-state index contributed by atoms with van der Waals surface area (Å²) in [5.41, 5.74) is 0. The second kappa shape index (κ2) is 9.54. The van der Waals surface area contributed by atoms with Crippen molar-refractivity contribution in [3.63, 3.8) is 0 Å². The van der Waals surface area contributed by atoms with E-state index in [1.165, 1.54) is 25.5 Å². The Labute approximate surface area is 117 Å². The standard InChI is InChI=1S/C13H28NO4P/c1-5-6-7-8-9-10-12-17-19(15,16)18-13-11-14(2,3)4/h10,12H,5-9,11,13H2,1-4H3/p+1. The van der Waals surface area contributed by atoms with Gasteiger partial charge in [0.1, 0.15) is 13.2 Å². The Kier molecular flexibility index (Phi) is 9.36. The quantitative estimate of drug-likeness (QED) is 0.275. The summed E-state index contributed by atoms with van der Waals surface area (Å²) in [5, 5.41) is 0. The molecule has 1 unspecified atom stereocenters. The van der Waals surface area contributed by atoms with Gasteiger partial charge in [-0.05, 0) is 18.9 Å². The molecule has 0 amide bonds. The van der Waals surface area contributed by atoms with Crippen LogP contribution in [0.3, 0.4) is 0 Å². The molecule has 0 radical (unpaired) electrons. The first-order valence-electron chi connectivity index (χ1n) is 6.88. The van der Waals surface area contributed by atoms with Crippen LogP contribution in [0.25, 0.3) is 0 Å². The summed E-state index contributed by atoms with van der Waals surface area (Å²) in [4.78, 5) is 9.40. The second-order valence-electron chi connectivity index (χ2n) is 5.64. The number of allylic oxidation sites excluding steroid dienone is 1. The van der Waals surface area contributed by atoms with Crippen molar-refractivity contribution in [1.29, 1.82) is 0 Å². The Balaban J connectivity index is 3.72. The predicted octanol–water partition coefficient (Wildman–Crippen LogP) is 3.31. The molecule has 0 aromatic rings. The molecule has 0 spiro atoms. The molecule has 0 bridgehead atoms. The van der Waals surface area contributed by atoms with E-state index in [1.54, 1.807) is 6.08 Å². The molecule has 0 aliphatic rings. The van der Waals surface area contributed by atoms with Gasteiger partial charge in [0.2, 0.25) is 0 Å². The smallest absolute Gasteiger partial charge is 0.412 e. The number of phosphoric ester groups is 1. The molecule has 0 aliphatic heterocycles. The third-order valence-corrected chi connectivity index (χ3v) is 3.43. The van der Waals surface area contributed by atoms with Gasteiger partial charge in [-0.1, -0.05) is 26.2 Å². The molecule has 0 saturated carbocycles. The lowest BCUT2D eigenvalue weighted by atomic mass is 10.2. The first kappa shape index (κ1) is 18.7. The van der Waals surface area contributed by atoms with E-state index in [2.05, 4.69) is 6.92 Å². The third-order valence-electron chi connectivity index (χ3n) is 2.53. The van der Waals surface area contributed by atoms with Crippen LogP contribution in [0.2, 0.25) is 0 Å². The fourth-order valence-electron chi connectivity index (χ4n) is 1.34. The van der Waals surface area contributed by atoms with Crippen LogP contribution >= 0.6 is 7.82 Å². The van der Waals surface area contributed by atoms with Crippen LogP contribution < -0.4 is 0 Å². The minimum absolute atomic E-state index is 0.196. The molecule has 1 atom stereocenters. The van der Waals surface area contributed by atoms with Crippen molar-refractivity contribution >= 4 is 7.82 Å². The van der Waals surface area contributed by atoms with Crippen molar-refractivity contribution in [2.24, 2.45) is 0 Å². The summed E-state index contributed by atoms with van der Waals surface area (Å²) in [7, 11) is 2.03. The van der Waals surface area contributed by atoms with Crippen molar-refractivity contribution in [2.75, 3.05) is 34.3 Å². The van der Waals surface area contributed by atoms with E-state index >= 15 is 0 Å². The van der Waals surface area contributed by atoms with E-state index < -0.39 is 7.82 Å². The van der Waals surface area contributed by atoms with E-state index in [9.17, 15) is 9.46 Å². The average Bonchev–Trinajstić information content (AvgIpc) is 2.25. The molecule has 0 heterocycles. The Morgan fingerprint density at radius 2 is 1.89 bits per heavy atom. The van der Waals surface area contributed by atoms with Gasteiger partial charge in [0.25, 0.3) is 0 Å². The second-order valence-corrected chi connectivity index (χ2v) is 7.05. The van der Waals surface area contributed by atoms with Crippen LogP contribution in [0.15, 0.2) is 12.3 Å². The van der Waals surface area contributed by atoms with Crippen LogP contribution in [0.5, 0.6) is 0 Å². The highest BCUT2D eigenvalue weighted by Crippen LogP contribution is 2.43. The summed E-state index contributed by atoms with van der Waals surface area (Å²) in [6.07, 6.45) is 8.58. The van der Waals surface area contributed by atoms with Gasteiger partial charge in [0.05, 0.1) is 27.4 Å². The minimum atomic E-state index is -3.94. The molecule has 19 heavy (non-hydrogen) atoms. The molecular formula is C13H29NO4P+. The zero-order chi connectivity index (χ0) is 14.8. The average molecular weight is 294 g/mol. The number of phosphoric acid groups is 1. The van der Waals surface area contributed by atoms with Crippen LogP contribution in [0.4, 0.5) is 0 Å². The molecule has 0 aromatic carbocycles.